The summed E-state index contributed by atoms with van der Waals surface area (Å²) in [6, 6.07) is 6.15. The highest BCUT2D eigenvalue weighted by atomic mass is 79.9. The molecule has 0 radical (unpaired) electrons. The van der Waals surface area contributed by atoms with Gasteiger partial charge in [0, 0.05) is 30.7 Å². The van der Waals surface area contributed by atoms with Crippen LogP contribution in [0, 0.1) is 0 Å². The first kappa shape index (κ1) is 14.5. The van der Waals surface area contributed by atoms with Gasteiger partial charge in [0.05, 0.1) is 6.61 Å². The molecule has 0 amide bonds. The number of nitrogens with two attached hydrogens (primary N) is 1. The zero-order valence-electron chi connectivity index (χ0n) is 10.4. The maximum Gasteiger partial charge on any atom is 0.119 e. The third-order valence-corrected chi connectivity index (χ3v) is 3.09. The van der Waals surface area contributed by atoms with Crippen LogP contribution in [0.25, 0.3) is 0 Å². The van der Waals surface area contributed by atoms with Gasteiger partial charge in [-0.25, -0.2) is 0 Å². The van der Waals surface area contributed by atoms with Gasteiger partial charge in [-0.3, -0.25) is 0 Å². The molecule has 96 valence electrons. The summed E-state index contributed by atoms with van der Waals surface area (Å²) in [5.74, 6) is 0.889. The molecule has 3 nitrogen and oxygen atoms in total. The Morgan fingerprint density at radius 3 is 2.76 bits per heavy atom. The fraction of sp³-hybridized carbons (Fsp3) is 0.538. The van der Waals surface area contributed by atoms with Gasteiger partial charge in [0.25, 0.3) is 0 Å². The minimum absolute atomic E-state index is 0.148. The second kappa shape index (κ2) is 7.69. The van der Waals surface area contributed by atoms with Crippen LogP contribution in [0.4, 0.5) is 0 Å². The molecule has 0 aliphatic heterocycles. The van der Waals surface area contributed by atoms with E-state index in [0.717, 1.165) is 29.7 Å². The average molecular weight is 302 g/mol. The van der Waals surface area contributed by atoms with Crippen molar-refractivity contribution in [2.24, 2.45) is 5.73 Å². The van der Waals surface area contributed by atoms with E-state index < -0.39 is 0 Å². The molecule has 0 saturated carbocycles. The third-order valence-electron chi connectivity index (χ3n) is 2.32. The van der Waals surface area contributed by atoms with Crippen LogP contribution in [-0.2, 0) is 11.2 Å². The van der Waals surface area contributed by atoms with E-state index in [9.17, 15) is 0 Å². The third kappa shape index (κ3) is 5.52. The van der Waals surface area contributed by atoms with Crippen molar-refractivity contribution in [3.8, 4) is 5.75 Å². The lowest BCUT2D eigenvalue weighted by Crippen LogP contribution is -2.18. The van der Waals surface area contributed by atoms with E-state index in [1.807, 2.05) is 25.1 Å². The number of methoxy groups -OCH3 is 1. The first-order valence-corrected chi connectivity index (χ1v) is 6.58. The largest absolute Gasteiger partial charge is 0.493 e. The van der Waals surface area contributed by atoms with E-state index in [4.69, 9.17) is 15.2 Å². The summed E-state index contributed by atoms with van der Waals surface area (Å²) in [4.78, 5) is 0. The lowest BCUT2D eigenvalue weighted by Gasteiger charge is -2.11. The summed E-state index contributed by atoms with van der Waals surface area (Å²) in [6.45, 7) is 3.40. The summed E-state index contributed by atoms with van der Waals surface area (Å²) in [7, 11) is 1.69. The molecule has 1 rings (SSSR count). The number of benzene rings is 1. The highest BCUT2D eigenvalue weighted by Gasteiger charge is 2.05. The minimum Gasteiger partial charge on any atom is -0.493 e. The lowest BCUT2D eigenvalue weighted by atomic mass is 10.1. The Morgan fingerprint density at radius 1 is 1.35 bits per heavy atom. The van der Waals surface area contributed by atoms with Crippen molar-refractivity contribution in [3.63, 3.8) is 0 Å². The molecule has 17 heavy (non-hydrogen) atoms. The van der Waals surface area contributed by atoms with Gasteiger partial charge in [-0.15, -0.1) is 0 Å². The molecule has 0 saturated heterocycles. The van der Waals surface area contributed by atoms with Crippen LogP contribution in [-0.4, -0.2) is 26.4 Å². The smallest absolute Gasteiger partial charge is 0.119 e. The monoisotopic (exact) mass is 301 g/mol. The van der Waals surface area contributed by atoms with E-state index in [1.54, 1.807) is 7.11 Å². The van der Waals surface area contributed by atoms with Crippen LogP contribution < -0.4 is 10.5 Å². The van der Waals surface area contributed by atoms with Crippen molar-refractivity contribution in [3.05, 3.63) is 28.2 Å². The van der Waals surface area contributed by atoms with Crippen molar-refractivity contribution in [1.82, 2.24) is 0 Å². The fourth-order valence-electron chi connectivity index (χ4n) is 1.54. The Morgan fingerprint density at radius 2 is 2.12 bits per heavy atom. The van der Waals surface area contributed by atoms with Gasteiger partial charge in [0.15, 0.2) is 0 Å². The lowest BCUT2D eigenvalue weighted by molar-refractivity contribution is 0.172. The van der Waals surface area contributed by atoms with E-state index in [0.29, 0.717) is 6.61 Å². The molecule has 0 fully saturated rings. The van der Waals surface area contributed by atoms with Gasteiger partial charge < -0.3 is 15.2 Å². The zero-order valence-corrected chi connectivity index (χ0v) is 12.0. The maximum absolute atomic E-state index is 5.80. The molecule has 1 aromatic rings. The molecule has 0 bridgehead atoms. The molecule has 1 aromatic carbocycles. The van der Waals surface area contributed by atoms with Crippen LogP contribution in [0.15, 0.2) is 22.7 Å². The molecule has 0 heterocycles. The predicted molar refractivity (Wildman–Crippen MR) is 73.5 cm³/mol. The molecule has 0 aliphatic carbocycles. The Hall–Kier alpha value is -0.580. The normalized spacial score (nSPS) is 12.5. The molecule has 2 N–H and O–H groups in total. The van der Waals surface area contributed by atoms with Gasteiger partial charge in [0.1, 0.15) is 5.75 Å². The molecule has 1 unspecified atom stereocenters. The quantitative estimate of drug-likeness (QED) is 0.788. The summed E-state index contributed by atoms with van der Waals surface area (Å²) < 4.78 is 11.7. The van der Waals surface area contributed by atoms with Crippen molar-refractivity contribution < 1.29 is 9.47 Å². The Labute approximate surface area is 111 Å². The molecule has 4 heteroatoms. The van der Waals surface area contributed by atoms with Gasteiger partial charge in [-0.2, -0.15) is 0 Å². The predicted octanol–water partition coefficient (Wildman–Crippen LogP) is 2.75. The number of rotatable bonds is 7. The summed E-state index contributed by atoms with van der Waals surface area (Å²) in [6.07, 6.45) is 1.74. The molecule has 0 spiro atoms. The van der Waals surface area contributed by atoms with E-state index >= 15 is 0 Å². The Kier molecular flexibility index (Phi) is 6.55. The zero-order chi connectivity index (χ0) is 12.7. The van der Waals surface area contributed by atoms with E-state index in [-0.39, 0.29) is 6.04 Å². The standard InChI is InChI=1S/C13H20BrNO2/c1-10(15)8-11-9-12(4-5-13(11)14)17-7-3-6-16-2/h4-5,9-10H,3,6-8,15H2,1-2H3. The van der Waals surface area contributed by atoms with Gasteiger partial charge >= 0.3 is 0 Å². The van der Waals surface area contributed by atoms with Crippen LogP contribution in [0.3, 0.4) is 0 Å². The second-order valence-corrected chi connectivity index (χ2v) is 4.98. The molecular weight excluding hydrogens is 282 g/mol. The SMILES string of the molecule is COCCCOc1ccc(Br)c(CC(C)N)c1. The molecular formula is C13H20BrNO2. The summed E-state index contributed by atoms with van der Waals surface area (Å²) >= 11 is 3.52. The van der Waals surface area contributed by atoms with Crippen molar-refractivity contribution in [1.29, 1.82) is 0 Å². The fourth-order valence-corrected chi connectivity index (χ4v) is 1.95. The van der Waals surface area contributed by atoms with Gasteiger partial charge in [0.2, 0.25) is 0 Å². The Bertz CT molecular complexity index is 342. The Balaban J connectivity index is 2.55. The summed E-state index contributed by atoms with van der Waals surface area (Å²) in [5, 5.41) is 0. The number of ether oxygens (including phenoxy) is 2. The van der Waals surface area contributed by atoms with Crippen LogP contribution in [0.1, 0.15) is 18.9 Å². The number of hydrogen-bond donors (Lipinski definition) is 1. The second-order valence-electron chi connectivity index (χ2n) is 4.13. The number of halogens is 1. The highest BCUT2D eigenvalue weighted by molar-refractivity contribution is 9.10. The molecule has 0 aliphatic rings. The first-order chi connectivity index (χ1) is 8.13. The van der Waals surface area contributed by atoms with E-state index in [2.05, 4.69) is 15.9 Å². The van der Waals surface area contributed by atoms with Crippen LogP contribution in [0.5, 0.6) is 5.75 Å². The topological polar surface area (TPSA) is 44.5 Å². The van der Waals surface area contributed by atoms with Crippen LogP contribution >= 0.6 is 15.9 Å². The maximum atomic E-state index is 5.80. The highest BCUT2D eigenvalue weighted by Crippen LogP contribution is 2.23. The van der Waals surface area contributed by atoms with Gasteiger partial charge in [-0.1, -0.05) is 15.9 Å². The molecule has 0 aromatic heterocycles. The first-order valence-electron chi connectivity index (χ1n) is 5.79. The number of hydrogen-bond acceptors (Lipinski definition) is 3. The van der Waals surface area contributed by atoms with Crippen molar-refractivity contribution >= 4 is 15.9 Å². The van der Waals surface area contributed by atoms with Crippen molar-refractivity contribution in [2.45, 2.75) is 25.8 Å². The average Bonchev–Trinajstić information content (AvgIpc) is 2.28. The van der Waals surface area contributed by atoms with Crippen molar-refractivity contribution in [2.75, 3.05) is 20.3 Å². The van der Waals surface area contributed by atoms with Gasteiger partial charge in [-0.05, 0) is 37.1 Å². The van der Waals surface area contributed by atoms with Crippen LogP contribution in [0.2, 0.25) is 0 Å². The molecule has 1 atom stereocenters. The summed E-state index contributed by atoms with van der Waals surface area (Å²) in [5.41, 5.74) is 6.99. The van der Waals surface area contributed by atoms with E-state index in [1.165, 1.54) is 5.56 Å². The minimum atomic E-state index is 0.148.